The van der Waals surface area contributed by atoms with E-state index in [1.54, 1.807) is 36.5 Å². The molecule has 0 aliphatic rings. The van der Waals surface area contributed by atoms with E-state index in [4.69, 9.17) is 5.11 Å². The summed E-state index contributed by atoms with van der Waals surface area (Å²) in [6, 6.07) is 10.4. The first-order valence-electron chi connectivity index (χ1n) is 4.37. The maximum Gasteiger partial charge on any atom is 0.432 e. The van der Waals surface area contributed by atoms with Gasteiger partial charge in [0, 0.05) is 6.20 Å². The van der Waals surface area contributed by atoms with E-state index in [1.165, 1.54) is 11.0 Å². The Kier molecular flexibility index (Phi) is 2.37. The van der Waals surface area contributed by atoms with Crippen LogP contribution in [0.15, 0.2) is 48.8 Å². The van der Waals surface area contributed by atoms with E-state index in [0.717, 1.165) is 5.01 Å². The number of anilines is 1. The summed E-state index contributed by atoms with van der Waals surface area (Å²) >= 11 is 0. The summed E-state index contributed by atoms with van der Waals surface area (Å²) in [5, 5.41) is 14.0. The molecule has 0 aliphatic carbocycles. The molecule has 1 heterocycles. The Bertz CT molecular complexity index is 439. The average Bonchev–Trinajstić information content (AvgIpc) is 2.72. The minimum atomic E-state index is -1.08. The summed E-state index contributed by atoms with van der Waals surface area (Å²) in [6.07, 6.45) is 2.02. The number of carboxylic acid groups (broad SMARTS) is 1. The molecule has 0 atom stereocenters. The van der Waals surface area contributed by atoms with Gasteiger partial charge < -0.3 is 5.11 Å². The van der Waals surface area contributed by atoms with Crippen molar-refractivity contribution in [2.45, 2.75) is 0 Å². The van der Waals surface area contributed by atoms with Gasteiger partial charge in [-0.25, -0.2) is 4.79 Å². The van der Waals surface area contributed by atoms with E-state index in [1.807, 2.05) is 6.07 Å². The summed E-state index contributed by atoms with van der Waals surface area (Å²) in [5.41, 5.74) is 0.550. The summed E-state index contributed by atoms with van der Waals surface area (Å²) in [7, 11) is 0. The number of benzene rings is 1. The van der Waals surface area contributed by atoms with Crippen LogP contribution in [0.4, 0.5) is 10.5 Å². The topological polar surface area (TPSA) is 58.4 Å². The standard InChI is InChI=1S/C10H9N3O2/c14-10(15)13(12-8-4-7-11-12)9-5-2-1-3-6-9/h1-8H,(H,14,15). The molecule has 0 bridgehead atoms. The second kappa shape index (κ2) is 3.83. The van der Waals surface area contributed by atoms with Crippen molar-refractivity contribution in [3.05, 3.63) is 48.8 Å². The molecule has 5 nitrogen and oxygen atoms in total. The van der Waals surface area contributed by atoms with Crippen LogP contribution in [-0.2, 0) is 0 Å². The first kappa shape index (κ1) is 9.26. The molecule has 1 aromatic carbocycles. The first-order chi connectivity index (χ1) is 7.29. The minimum Gasteiger partial charge on any atom is -0.463 e. The number of hydrogen-bond donors (Lipinski definition) is 1. The number of carbonyl (C=O) groups is 1. The zero-order valence-electron chi connectivity index (χ0n) is 7.82. The first-order valence-corrected chi connectivity index (χ1v) is 4.37. The summed E-state index contributed by atoms with van der Waals surface area (Å²) in [4.78, 5) is 12.3. The van der Waals surface area contributed by atoms with E-state index in [2.05, 4.69) is 5.10 Å². The maximum absolute atomic E-state index is 11.1. The number of rotatable bonds is 2. The highest BCUT2D eigenvalue weighted by Crippen LogP contribution is 2.13. The molecular formula is C10H9N3O2. The number of aromatic nitrogens is 2. The van der Waals surface area contributed by atoms with Crippen molar-refractivity contribution >= 4 is 11.8 Å². The van der Waals surface area contributed by atoms with Crippen LogP contribution in [0.2, 0.25) is 0 Å². The molecule has 0 saturated carbocycles. The molecule has 0 unspecified atom stereocenters. The summed E-state index contributed by atoms with van der Waals surface area (Å²) in [5.74, 6) is 0. The number of hydrogen-bond acceptors (Lipinski definition) is 2. The van der Waals surface area contributed by atoms with Gasteiger partial charge in [-0.1, -0.05) is 18.2 Å². The second-order valence-electron chi connectivity index (χ2n) is 2.86. The number of para-hydroxylation sites is 1. The zero-order valence-corrected chi connectivity index (χ0v) is 7.82. The Balaban J connectivity index is 2.42. The van der Waals surface area contributed by atoms with Crippen molar-refractivity contribution in [1.29, 1.82) is 0 Å². The van der Waals surface area contributed by atoms with Crippen LogP contribution in [0.25, 0.3) is 0 Å². The molecule has 5 heteroatoms. The van der Waals surface area contributed by atoms with Gasteiger partial charge >= 0.3 is 6.09 Å². The molecule has 1 N–H and O–H groups in total. The maximum atomic E-state index is 11.1. The van der Waals surface area contributed by atoms with E-state index >= 15 is 0 Å². The van der Waals surface area contributed by atoms with Crippen LogP contribution in [0.5, 0.6) is 0 Å². The van der Waals surface area contributed by atoms with Gasteiger partial charge in [-0.05, 0) is 18.2 Å². The highest BCUT2D eigenvalue weighted by molar-refractivity contribution is 5.85. The normalized spacial score (nSPS) is 9.87. The van der Waals surface area contributed by atoms with Gasteiger partial charge in [0.15, 0.2) is 0 Å². The van der Waals surface area contributed by atoms with E-state index in [-0.39, 0.29) is 0 Å². The predicted molar refractivity (Wildman–Crippen MR) is 54.6 cm³/mol. The molecule has 2 rings (SSSR count). The van der Waals surface area contributed by atoms with Crippen molar-refractivity contribution in [3.8, 4) is 0 Å². The average molecular weight is 203 g/mol. The molecular weight excluding hydrogens is 194 g/mol. The molecule has 76 valence electrons. The lowest BCUT2D eigenvalue weighted by molar-refractivity contribution is 0.198. The SMILES string of the molecule is O=C(O)N(c1ccccc1)n1cccn1. The van der Waals surface area contributed by atoms with E-state index in [0.29, 0.717) is 5.69 Å². The van der Waals surface area contributed by atoms with Gasteiger partial charge in [0.05, 0.1) is 11.9 Å². The van der Waals surface area contributed by atoms with Gasteiger partial charge in [0.1, 0.15) is 0 Å². The third-order valence-electron chi connectivity index (χ3n) is 1.88. The van der Waals surface area contributed by atoms with Crippen LogP contribution in [0, 0.1) is 0 Å². The van der Waals surface area contributed by atoms with Crippen molar-refractivity contribution in [1.82, 2.24) is 9.89 Å². The van der Waals surface area contributed by atoms with E-state index in [9.17, 15) is 4.79 Å². The predicted octanol–water partition coefficient (Wildman–Crippen LogP) is 1.83. The van der Waals surface area contributed by atoms with Crippen LogP contribution < -0.4 is 5.01 Å². The molecule has 0 fully saturated rings. The smallest absolute Gasteiger partial charge is 0.432 e. The van der Waals surface area contributed by atoms with Crippen LogP contribution >= 0.6 is 0 Å². The van der Waals surface area contributed by atoms with Gasteiger partial charge in [0.2, 0.25) is 0 Å². The van der Waals surface area contributed by atoms with Gasteiger partial charge in [0.25, 0.3) is 0 Å². The number of amides is 1. The monoisotopic (exact) mass is 203 g/mol. The van der Waals surface area contributed by atoms with Crippen LogP contribution in [0.1, 0.15) is 0 Å². The molecule has 1 aromatic heterocycles. The van der Waals surface area contributed by atoms with Gasteiger partial charge in [-0.2, -0.15) is 14.9 Å². The van der Waals surface area contributed by atoms with Crippen LogP contribution in [0.3, 0.4) is 0 Å². The van der Waals surface area contributed by atoms with Gasteiger partial charge in [-0.3, -0.25) is 0 Å². The Labute approximate surface area is 86.1 Å². The fraction of sp³-hybridized carbons (Fsp3) is 0. The highest BCUT2D eigenvalue weighted by atomic mass is 16.4. The molecule has 0 aliphatic heterocycles. The summed E-state index contributed by atoms with van der Waals surface area (Å²) in [6.45, 7) is 0. The fourth-order valence-electron chi connectivity index (χ4n) is 1.26. The highest BCUT2D eigenvalue weighted by Gasteiger charge is 2.15. The van der Waals surface area contributed by atoms with Crippen molar-refractivity contribution in [2.75, 3.05) is 5.01 Å². The molecule has 0 spiro atoms. The number of nitrogens with zero attached hydrogens (tertiary/aromatic N) is 3. The minimum absolute atomic E-state index is 0.550. The molecule has 0 saturated heterocycles. The Morgan fingerprint density at radius 1 is 1.27 bits per heavy atom. The molecule has 0 radical (unpaired) electrons. The second-order valence-corrected chi connectivity index (χ2v) is 2.86. The van der Waals surface area contributed by atoms with E-state index < -0.39 is 6.09 Å². The lowest BCUT2D eigenvalue weighted by atomic mass is 10.3. The molecule has 1 amide bonds. The third-order valence-corrected chi connectivity index (χ3v) is 1.88. The van der Waals surface area contributed by atoms with Crippen molar-refractivity contribution < 1.29 is 9.90 Å². The van der Waals surface area contributed by atoms with Crippen molar-refractivity contribution in [2.24, 2.45) is 0 Å². The third kappa shape index (κ3) is 1.80. The van der Waals surface area contributed by atoms with Gasteiger partial charge in [-0.15, -0.1) is 0 Å². The van der Waals surface area contributed by atoms with Crippen molar-refractivity contribution in [3.63, 3.8) is 0 Å². The Morgan fingerprint density at radius 2 is 2.00 bits per heavy atom. The molecule has 15 heavy (non-hydrogen) atoms. The van der Waals surface area contributed by atoms with Crippen LogP contribution in [-0.4, -0.2) is 21.1 Å². The lowest BCUT2D eigenvalue weighted by Gasteiger charge is -2.18. The summed E-state index contributed by atoms with van der Waals surface area (Å²) < 4.78 is 0. The molecule has 2 aromatic rings. The Hall–Kier alpha value is -2.30. The zero-order chi connectivity index (χ0) is 10.7. The largest absolute Gasteiger partial charge is 0.463 e. The quantitative estimate of drug-likeness (QED) is 0.810. The lowest BCUT2D eigenvalue weighted by Crippen LogP contribution is -2.34. The fourth-order valence-corrected chi connectivity index (χ4v) is 1.26. The Morgan fingerprint density at radius 3 is 2.53 bits per heavy atom.